The number of nitrogens with zero attached hydrogens (tertiary/aromatic N) is 2. The first-order chi connectivity index (χ1) is 12.8. The van der Waals surface area contributed by atoms with Crippen molar-refractivity contribution in [2.45, 2.75) is 69.6 Å². The fourth-order valence-electron chi connectivity index (χ4n) is 4.22. The zero-order valence-corrected chi connectivity index (χ0v) is 17.2. The van der Waals surface area contributed by atoms with Crippen LogP contribution < -0.4 is 0 Å². The fourth-order valence-corrected chi connectivity index (χ4v) is 5.85. The molecule has 1 heterocycles. The number of sulfonamides is 1. The second-order valence-electron chi connectivity index (χ2n) is 7.64. The van der Waals surface area contributed by atoms with Gasteiger partial charge in [0.25, 0.3) is 5.91 Å². The Balaban J connectivity index is 1.85. The van der Waals surface area contributed by atoms with E-state index in [0.29, 0.717) is 25.2 Å². The maximum atomic E-state index is 13.1. The van der Waals surface area contributed by atoms with Gasteiger partial charge in [-0.3, -0.25) is 4.79 Å². The van der Waals surface area contributed by atoms with E-state index in [1.54, 1.807) is 18.2 Å². The van der Waals surface area contributed by atoms with E-state index in [1.165, 1.54) is 10.4 Å². The minimum absolute atomic E-state index is 0.0786. The van der Waals surface area contributed by atoms with Crippen LogP contribution >= 0.6 is 0 Å². The zero-order valence-electron chi connectivity index (χ0n) is 16.4. The van der Waals surface area contributed by atoms with Gasteiger partial charge in [0.15, 0.2) is 0 Å². The number of carbonyl (C=O) groups excluding carboxylic acids is 1. The van der Waals surface area contributed by atoms with E-state index in [-0.39, 0.29) is 29.1 Å². The first kappa shape index (κ1) is 20.3. The summed E-state index contributed by atoms with van der Waals surface area (Å²) in [6, 6.07) is 6.74. The lowest BCUT2D eigenvalue weighted by Gasteiger charge is -2.34. The first-order valence-electron chi connectivity index (χ1n) is 9.89. The summed E-state index contributed by atoms with van der Waals surface area (Å²) in [7, 11) is -3.65. The molecule has 27 heavy (non-hydrogen) atoms. The average Bonchev–Trinajstić information content (AvgIpc) is 3.16. The van der Waals surface area contributed by atoms with Crippen LogP contribution in [0.3, 0.4) is 0 Å². The number of carbonyl (C=O) groups is 1. The van der Waals surface area contributed by atoms with Gasteiger partial charge in [-0.05, 0) is 51.8 Å². The fraction of sp³-hybridized carbons (Fsp3) is 0.650. The number of hydrogen-bond acceptors (Lipinski definition) is 4. The Morgan fingerprint density at radius 1 is 1.19 bits per heavy atom. The van der Waals surface area contributed by atoms with Crippen LogP contribution in [-0.4, -0.2) is 61.4 Å². The second-order valence-corrected chi connectivity index (χ2v) is 9.57. The van der Waals surface area contributed by atoms with Crippen molar-refractivity contribution in [1.82, 2.24) is 9.21 Å². The third-order valence-electron chi connectivity index (χ3n) is 5.47. The summed E-state index contributed by atoms with van der Waals surface area (Å²) >= 11 is 0. The number of amides is 1. The molecule has 7 heteroatoms. The molecule has 3 rings (SSSR count). The van der Waals surface area contributed by atoms with Crippen molar-refractivity contribution in [1.29, 1.82) is 0 Å². The Morgan fingerprint density at radius 2 is 1.81 bits per heavy atom. The molecule has 1 amide bonds. The van der Waals surface area contributed by atoms with E-state index in [1.807, 2.05) is 25.7 Å². The van der Waals surface area contributed by atoms with E-state index in [4.69, 9.17) is 4.74 Å². The van der Waals surface area contributed by atoms with Crippen molar-refractivity contribution in [3.63, 3.8) is 0 Å². The summed E-state index contributed by atoms with van der Waals surface area (Å²) in [5.41, 5.74) is 0.444. The van der Waals surface area contributed by atoms with Gasteiger partial charge in [0.1, 0.15) is 0 Å². The molecule has 0 bridgehead atoms. The Kier molecular flexibility index (Phi) is 6.23. The van der Waals surface area contributed by atoms with Crippen molar-refractivity contribution >= 4 is 15.9 Å². The average molecular weight is 395 g/mol. The molecule has 2 atom stereocenters. The number of ether oxygens (including phenoxy) is 1. The number of hydrogen-bond donors (Lipinski definition) is 0. The third-order valence-corrected chi connectivity index (χ3v) is 7.30. The molecule has 2 fully saturated rings. The quantitative estimate of drug-likeness (QED) is 0.770. The van der Waals surface area contributed by atoms with Gasteiger partial charge in [-0.2, -0.15) is 4.31 Å². The summed E-state index contributed by atoms with van der Waals surface area (Å²) in [6.07, 6.45) is 4.06. The topological polar surface area (TPSA) is 66.9 Å². The van der Waals surface area contributed by atoms with Crippen molar-refractivity contribution in [2.75, 3.05) is 19.6 Å². The highest BCUT2D eigenvalue weighted by Crippen LogP contribution is 2.26. The summed E-state index contributed by atoms with van der Waals surface area (Å²) in [5, 5.41) is 0. The summed E-state index contributed by atoms with van der Waals surface area (Å²) in [5.74, 6) is -0.0786. The normalized spacial score (nSPS) is 24.9. The van der Waals surface area contributed by atoms with E-state index >= 15 is 0 Å². The van der Waals surface area contributed by atoms with Crippen LogP contribution in [0.2, 0.25) is 0 Å². The Hall–Kier alpha value is -1.44. The highest BCUT2D eigenvalue weighted by atomic mass is 32.2. The molecule has 1 aliphatic carbocycles. The standard InChI is InChI=1S/C20H30N2O4S/c1-4-22(18-9-5-6-10-18)20(23)17-8-7-11-19(12-17)27(24,25)21-13-15(2)26-16(3)14-21/h7-8,11-12,15-16,18H,4-6,9-10,13-14H2,1-3H3. The van der Waals surface area contributed by atoms with Crippen molar-refractivity contribution in [3.8, 4) is 0 Å². The lowest BCUT2D eigenvalue weighted by Crippen LogP contribution is -2.48. The molecule has 0 aromatic heterocycles. The van der Waals surface area contributed by atoms with Gasteiger partial charge in [-0.1, -0.05) is 18.9 Å². The van der Waals surface area contributed by atoms with Gasteiger partial charge in [-0.25, -0.2) is 8.42 Å². The molecular weight excluding hydrogens is 364 g/mol. The Morgan fingerprint density at radius 3 is 2.41 bits per heavy atom. The van der Waals surface area contributed by atoms with E-state index < -0.39 is 10.0 Å². The largest absolute Gasteiger partial charge is 0.373 e. The maximum Gasteiger partial charge on any atom is 0.254 e. The van der Waals surface area contributed by atoms with Crippen molar-refractivity contribution in [3.05, 3.63) is 29.8 Å². The van der Waals surface area contributed by atoms with Gasteiger partial charge in [0, 0.05) is 31.2 Å². The van der Waals surface area contributed by atoms with Gasteiger partial charge >= 0.3 is 0 Å². The zero-order chi connectivity index (χ0) is 19.6. The van der Waals surface area contributed by atoms with Crippen LogP contribution in [0.15, 0.2) is 29.2 Å². The predicted octanol–water partition coefficient (Wildman–Crippen LogP) is 2.89. The smallest absolute Gasteiger partial charge is 0.254 e. The van der Waals surface area contributed by atoms with Crippen molar-refractivity contribution < 1.29 is 17.9 Å². The van der Waals surface area contributed by atoms with Crippen LogP contribution in [0, 0.1) is 0 Å². The molecular formula is C20H30N2O4S. The Bertz CT molecular complexity index is 764. The van der Waals surface area contributed by atoms with E-state index in [0.717, 1.165) is 25.7 Å². The third kappa shape index (κ3) is 4.36. The lowest BCUT2D eigenvalue weighted by molar-refractivity contribution is -0.0440. The number of rotatable bonds is 5. The highest BCUT2D eigenvalue weighted by molar-refractivity contribution is 7.89. The highest BCUT2D eigenvalue weighted by Gasteiger charge is 2.33. The number of benzene rings is 1. The van der Waals surface area contributed by atoms with Gasteiger partial charge in [0.2, 0.25) is 10.0 Å². The van der Waals surface area contributed by atoms with Gasteiger partial charge in [0.05, 0.1) is 17.1 Å². The molecule has 0 spiro atoms. The minimum Gasteiger partial charge on any atom is -0.373 e. The van der Waals surface area contributed by atoms with Crippen molar-refractivity contribution in [2.24, 2.45) is 0 Å². The Labute approximate surface area is 162 Å². The van der Waals surface area contributed by atoms with Crippen LogP contribution in [0.1, 0.15) is 56.8 Å². The first-order valence-corrected chi connectivity index (χ1v) is 11.3. The SMILES string of the molecule is CCN(C(=O)c1cccc(S(=O)(=O)N2CC(C)OC(C)C2)c1)C1CCCC1. The molecule has 1 saturated heterocycles. The van der Waals surface area contributed by atoms with E-state index in [2.05, 4.69) is 0 Å². The molecule has 6 nitrogen and oxygen atoms in total. The molecule has 2 unspecified atom stereocenters. The molecule has 1 aliphatic heterocycles. The predicted molar refractivity (Wildman–Crippen MR) is 104 cm³/mol. The van der Waals surface area contributed by atoms with Crippen LogP contribution in [0.4, 0.5) is 0 Å². The monoisotopic (exact) mass is 394 g/mol. The molecule has 0 radical (unpaired) electrons. The molecule has 0 N–H and O–H groups in total. The molecule has 1 saturated carbocycles. The summed E-state index contributed by atoms with van der Waals surface area (Å²) < 4.78 is 33.3. The summed E-state index contributed by atoms with van der Waals surface area (Å²) in [6.45, 7) is 7.02. The van der Waals surface area contributed by atoms with Gasteiger partial charge < -0.3 is 9.64 Å². The summed E-state index contributed by atoms with van der Waals surface area (Å²) in [4.78, 5) is 15.1. The molecule has 2 aliphatic rings. The molecule has 1 aromatic carbocycles. The van der Waals surface area contributed by atoms with E-state index in [9.17, 15) is 13.2 Å². The van der Waals surface area contributed by atoms with Gasteiger partial charge in [-0.15, -0.1) is 0 Å². The molecule has 1 aromatic rings. The lowest BCUT2D eigenvalue weighted by atomic mass is 10.1. The van der Waals surface area contributed by atoms with Crippen LogP contribution in [-0.2, 0) is 14.8 Å². The maximum absolute atomic E-state index is 13.1. The molecule has 150 valence electrons. The second kappa shape index (κ2) is 8.29. The number of morpholine rings is 1. The van der Waals surface area contributed by atoms with Crippen LogP contribution in [0.25, 0.3) is 0 Å². The van der Waals surface area contributed by atoms with Crippen LogP contribution in [0.5, 0.6) is 0 Å². The minimum atomic E-state index is -3.65.